The second-order valence-corrected chi connectivity index (χ2v) is 10.6. The number of nitrogens with one attached hydrogen (secondary N) is 2. The van der Waals surface area contributed by atoms with Crippen molar-refractivity contribution >= 4 is 44.8 Å². The monoisotopic (exact) mass is 467 g/mol. The number of nitrogens with zero attached hydrogens (tertiary/aromatic N) is 3. The summed E-state index contributed by atoms with van der Waals surface area (Å²) in [6, 6.07) is 4.39. The van der Waals surface area contributed by atoms with E-state index >= 15 is 0 Å². The first kappa shape index (κ1) is 23.6. The molecule has 170 valence electrons. The lowest BCUT2D eigenvalue weighted by Crippen LogP contribution is -2.43. The van der Waals surface area contributed by atoms with E-state index in [-0.39, 0.29) is 16.7 Å². The van der Waals surface area contributed by atoms with Crippen LogP contribution in [0.3, 0.4) is 0 Å². The van der Waals surface area contributed by atoms with Gasteiger partial charge in [0.15, 0.2) is 5.16 Å². The van der Waals surface area contributed by atoms with Crippen LogP contribution in [0.5, 0.6) is 0 Å². The Morgan fingerprint density at radius 1 is 1.19 bits per heavy atom. The van der Waals surface area contributed by atoms with Gasteiger partial charge in [-0.3, -0.25) is 10.1 Å². The molecule has 0 bridgehead atoms. The molecule has 0 aliphatic carbocycles. The topological polar surface area (TPSA) is 113 Å². The number of sulfonamides is 1. The van der Waals surface area contributed by atoms with Gasteiger partial charge in [-0.1, -0.05) is 18.2 Å². The molecular weight excluding hydrogens is 438 g/mol. The second-order valence-electron chi connectivity index (χ2n) is 7.72. The molecule has 31 heavy (non-hydrogen) atoms. The largest absolute Gasteiger partial charge is 0.336 e. The van der Waals surface area contributed by atoms with Crippen molar-refractivity contribution in [2.24, 2.45) is 0 Å². The molecule has 11 heteroatoms. The highest BCUT2D eigenvalue weighted by Gasteiger charge is 2.26. The number of hydrogen-bond acceptors (Lipinski definition) is 6. The number of thioether (sulfide) groups is 1. The zero-order valence-electron chi connectivity index (χ0n) is 18.1. The van der Waals surface area contributed by atoms with Gasteiger partial charge in [0.25, 0.3) is 0 Å². The van der Waals surface area contributed by atoms with Gasteiger partial charge in [0.2, 0.25) is 15.9 Å². The third-order valence-electron chi connectivity index (χ3n) is 4.96. The van der Waals surface area contributed by atoms with E-state index < -0.39 is 22.0 Å². The standard InChI is InChI=1S/C20H29N5O4S2/c1-4-25-17-9-8-15(31(28,29)24-10-6-5-7-11-24)12-16(17)22-20(25)30-13-18(26)23-19(27)21-14(2)3/h8-9,12,14H,4-7,10-11,13H2,1-3H3,(H2,21,23,26,27). The number of piperidine rings is 1. The molecule has 2 aromatic rings. The SMILES string of the molecule is CCn1c(SCC(=O)NC(=O)NC(C)C)nc2cc(S(=O)(=O)N3CCCCC3)ccc21. The number of carbonyl (C=O) groups excluding carboxylic acids is 2. The molecule has 2 heterocycles. The minimum absolute atomic E-state index is 0.0216. The van der Waals surface area contributed by atoms with Gasteiger partial charge in [-0.25, -0.2) is 18.2 Å². The van der Waals surface area contributed by atoms with Crippen molar-refractivity contribution < 1.29 is 18.0 Å². The molecule has 0 atom stereocenters. The first-order valence-corrected chi connectivity index (χ1v) is 12.9. The molecule has 1 saturated heterocycles. The van der Waals surface area contributed by atoms with Gasteiger partial charge in [0, 0.05) is 25.7 Å². The predicted octanol–water partition coefficient (Wildman–Crippen LogP) is 2.56. The number of aromatic nitrogens is 2. The van der Waals surface area contributed by atoms with E-state index in [0.717, 1.165) is 24.8 Å². The summed E-state index contributed by atoms with van der Waals surface area (Å²) in [4.78, 5) is 28.5. The maximum atomic E-state index is 13.0. The van der Waals surface area contributed by atoms with E-state index in [9.17, 15) is 18.0 Å². The highest BCUT2D eigenvalue weighted by Crippen LogP contribution is 2.28. The minimum Gasteiger partial charge on any atom is -0.336 e. The van der Waals surface area contributed by atoms with Gasteiger partial charge in [-0.15, -0.1) is 0 Å². The number of urea groups is 1. The van der Waals surface area contributed by atoms with Crippen LogP contribution in [0.2, 0.25) is 0 Å². The van der Waals surface area contributed by atoms with Gasteiger partial charge < -0.3 is 9.88 Å². The summed E-state index contributed by atoms with van der Waals surface area (Å²) in [5, 5.41) is 5.49. The summed E-state index contributed by atoms with van der Waals surface area (Å²) in [5.41, 5.74) is 1.38. The molecule has 9 nitrogen and oxygen atoms in total. The second kappa shape index (κ2) is 10.0. The van der Waals surface area contributed by atoms with Crippen molar-refractivity contribution in [2.45, 2.75) is 62.7 Å². The fourth-order valence-electron chi connectivity index (χ4n) is 3.51. The van der Waals surface area contributed by atoms with Crippen LogP contribution in [0, 0.1) is 0 Å². The van der Waals surface area contributed by atoms with Crippen molar-refractivity contribution in [2.75, 3.05) is 18.8 Å². The number of aryl methyl sites for hydroxylation is 1. The fraction of sp³-hybridized carbons (Fsp3) is 0.550. The Balaban J connectivity index is 1.77. The minimum atomic E-state index is -3.54. The highest BCUT2D eigenvalue weighted by molar-refractivity contribution is 7.99. The molecule has 1 aliphatic heterocycles. The molecule has 0 saturated carbocycles. The summed E-state index contributed by atoms with van der Waals surface area (Å²) in [5.74, 6) is -0.403. The maximum Gasteiger partial charge on any atom is 0.321 e. The van der Waals surface area contributed by atoms with Crippen LogP contribution in [-0.2, 0) is 21.4 Å². The Hall–Kier alpha value is -2.11. The first-order valence-electron chi connectivity index (χ1n) is 10.5. The number of carbonyl (C=O) groups is 2. The molecule has 3 amide bonds. The van der Waals surface area contributed by atoms with Crippen molar-refractivity contribution in [3.63, 3.8) is 0 Å². The van der Waals surface area contributed by atoms with E-state index in [1.807, 2.05) is 25.3 Å². The van der Waals surface area contributed by atoms with E-state index in [0.29, 0.717) is 30.3 Å². The number of rotatable bonds is 7. The molecule has 0 spiro atoms. The average Bonchev–Trinajstić information content (AvgIpc) is 3.09. The summed E-state index contributed by atoms with van der Waals surface area (Å²) in [6.45, 7) is 7.28. The van der Waals surface area contributed by atoms with Crippen molar-refractivity contribution in [3.05, 3.63) is 18.2 Å². The van der Waals surface area contributed by atoms with E-state index in [2.05, 4.69) is 15.6 Å². The Morgan fingerprint density at radius 3 is 2.55 bits per heavy atom. The number of fused-ring (bicyclic) bond motifs is 1. The Kier molecular flexibility index (Phi) is 7.60. The first-order chi connectivity index (χ1) is 14.7. The molecule has 0 radical (unpaired) electrons. The molecule has 1 aromatic heterocycles. The van der Waals surface area contributed by atoms with Gasteiger partial charge in [-0.2, -0.15) is 4.31 Å². The lowest BCUT2D eigenvalue weighted by atomic mass is 10.2. The summed E-state index contributed by atoms with van der Waals surface area (Å²) in [6.07, 6.45) is 2.81. The lowest BCUT2D eigenvalue weighted by molar-refractivity contribution is -0.117. The van der Waals surface area contributed by atoms with E-state index in [1.165, 1.54) is 16.1 Å². The predicted molar refractivity (Wildman–Crippen MR) is 121 cm³/mol. The third-order valence-corrected chi connectivity index (χ3v) is 7.83. The van der Waals surface area contributed by atoms with Gasteiger partial charge in [0.1, 0.15) is 0 Å². The zero-order valence-corrected chi connectivity index (χ0v) is 19.7. The van der Waals surface area contributed by atoms with Crippen LogP contribution < -0.4 is 10.6 Å². The van der Waals surface area contributed by atoms with E-state index in [4.69, 9.17) is 0 Å². The average molecular weight is 468 g/mol. The lowest BCUT2D eigenvalue weighted by Gasteiger charge is -2.25. The summed E-state index contributed by atoms with van der Waals surface area (Å²) >= 11 is 1.21. The quantitative estimate of drug-likeness (QED) is 0.605. The Labute approximate surface area is 187 Å². The zero-order chi connectivity index (χ0) is 22.6. The van der Waals surface area contributed by atoms with Crippen molar-refractivity contribution in [1.29, 1.82) is 0 Å². The summed E-state index contributed by atoms with van der Waals surface area (Å²) < 4.78 is 29.4. The van der Waals surface area contributed by atoms with Gasteiger partial charge in [0.05, 0.1) is 21.7 Å². The van der Waals surface area contributed by atoms with E-state index in [1.54, 1.807) is 18.2 Å². The highest BCUT2D eigenvalue weighted by atomic mass is 32.2. The number of imidazole rings is 1. The van der Waals surface area contributed by atoms with Crippen molar-refractivity contribution in [1.82, 2.24) is 24.5 Å². The molecule has 3 rings (SSSR count). The molecule has 0 unspecified atom stereocenters. The number of amides is 3. The van der Waals surface area contributed by atoms with Crippen LogP contribution in [0.15, 0.2) is 28.3 Å². The smallest absolute Gasteiger partial charge is 0.321 e. The fourth-order valence-corrected chi connectivity index (χ4v) is 5.93. The third kappa shape index (κ3) is 5.58. The van der Waals surface area contributed by atoms with Crippen molar-refractivity contribution in [3.8, 4) is 0 Å². The Bertz CT molecular complexity index is 1060. The van der Waals surface area contributed by atoms with Crippen LogP contribution in [-0.4, -0.2) is 59.1 Å². The van der Waals surface area contributed by atoms with Gasteiger partial charge in [-0.05, 0) is 51.8 Å². The van der Waals surface area contributed by atoms with Gasteiger partial charge >= 0.3 is 6.03 Å². The molecule has 1 aromatic carbocycles. The molecule has 1 fully saturated rings. The summed E-state index contributed by atoms with van der Waals surface area (Å²) in [7, 11) is -3.54. The number of hydrogen-bond donors (Lipinski definition) is 2. The van der Waals surface area contributed by atoms with Crippen LogP contribution in [0.1, 0.15) is 40.0 Å². The number of imide groups is 1. The Morgan fingerprint density at radius 2 is 1.90 bits per heavy atom. The van der Waals surface area contributed by atoms with Crippen LogP contribution >= 0.6 is 11.8 Å². The normalized spacial score (nSPS) is 15.4. The molecule has 1 aliphatic rings. The number of benzene rings is 1. The molecular formula is C20H29N5O4S2. The molecule has 2 N–H and O–H groups in total. The van der Waals surface area contributed by atoms with Crippen LogP contribution in [0.25, 0.3) is 11.0 Å². The maximum absolute atomic E-state index is 13.0. The van der Waals surface area contributed by atoms with Crippen LogP contribution in [0.4, 0.5) is 4.79 Å².